The van der Waals surface area contributed by atoms with Gasteiger partial charge in [0, 0.05) is 35.2 Å². The molecule has 0 saturated carbocycles. The summed E-state index contributed by atoms with van der Waals surface area (Å²) in [6.45, 7) is -1.31. The molecule has 1 aliphatic heterocycles. The summed E-state index contributed by atoms with van der Waals surface area (Å²) >= 11 is 0. The predicted octanol–water partition coefficient (Wildman–Crippen LogP) is 4.80. The molecule has 33 heavy (non-hydrogen) atoms. The van der Waals surface area contributed by atoms with Crippen LogP contribution in [0.5, 0.6) is 5.75 Å². The number of amides is 3. The molecule has 1 aliphatic rings. The van der Waals surface area contributed by atoms with Gasteiger partial charge in [0.25, 0.3) is 11.8 Å². The normalized spacial score (nSPS) is 13.4. The summed E-state index contributed by atoms with van der Waals surface area (Å²) in [7, 11) is 0. The number of halogens is 3. The van der Waals surface area contributed by atoms with E-state index < -0.39 is 12.8 Å². The zero-order valence-electron chi connectivity index (χ0n) is 17.3. The maximum absolute atomic E-state index is 12.8. The first-order chi connectivity index (χ1) is 15.7. The average molecular weight is 456 g/mol. The van der Waals surface area contributed by atoms with Crippen molar-refractivity contribution < 1.29 is 32.3 Å². The summed E-state index contributed by atoms with van der Waals surface area (Å²) in [6, 6.07) is 16.1. The number of benzene rings is 3. The minimum Gasteiger partial charge on any atom is -0.484 e. The summed E-state index contributed by atoms with van der Waals surface area (Å²) in [5, 5.41) is 4.09. The summed E-state index contributed by atoms with van der Waals surface area (Å²) in [5.74, 6) is -1.10. The second kappa shape index (κ2) is 8.93. The van der Waals surface area contributed by atoms with Gasteiger partial charge in [-0.2, -0.15) is 13.2 Å². The number of nitrogens with zero attached hydrogens (tertiary/aromatic N) is 1. The Kier molecular flexibility index (Phi) is 6.04. The Bertz CT molecular complexity index is 1170. The molecule has 1 heterocycles. The van der Waals surface area contributed by atoms with Crippen LogP contribution in [-0.2, 0) is 4.79 Å². The molecule has 0 fully saturated rings. The molecule has 170 valence electrons. The number of carbonyl (C=O) groups is 3. The van der Waals surface area contributed by atoms with Crippen LogP contribution >= 0.6 is 0 Å². The molecular weight excluding hydrogens is 437 g/mol. The van der Waals surface area contributed by atoms with Gasteiger partial charge in [0.15, 0.2) is 6.61 Å². The maximum Gasteiger partial charge on any atom is 0.422 e. The highest BCUT2D eigenvalue weighted by atomic mass is 19.4. The number of imide groups is 1. The van der Waals surface area contributed by atoms with Crippen LogP contribution in [0.4, 0.5) is 18.9 Å². The van der Waals surface area contributed by atoms with Crippen molar-refractivity contribution in [2.75, 3.05) is 18.5 Å². The topological polar surface area (TPSA) is 75.7 Å². The standard InChI is InChI=1S/C24H19F3N2O4/c25-24(26,27)14-33-17-11-9-16(10-12-17)28-20(30)8-3-13-29-22(31)18-6-1-4-15-5-2-7-19(21(15)18)23(29)32/h1-2,4-7,9-12H,3,8,13-14H2,(H,28,30). The van der Waals surface area contributed by atoms with Crippen LogP contribution in [0.2, 0.25) is 0 Å². The van der Waals surface area contributed by atoms with Gasteiger partial charge in [0.2, 0.25) is 5.91 Å². The molecular formula is C24H19F3N2O4. The lowest BCUT2D eigenvalue weighted by atomic mass is 9.94. The Hall–Kier alpha value is -3.88. The van der Waals surface area contributed by atoms with Crippen molar-refractivity contribution in [2.45, 2.75) is 19.0 Å². The number of nitrogens with one attached hydrogen (secondary N) is 1. The largest absolute Gasteiger partial charge is 0.484 e. The summed E-state index contributed by atoms with van der Waals surface area (Å²) < 4.78 is 41.2. The van der Waals surface area contributed by atoms with E-state index in [-0.39, 0.29) is 42.9 Å². The maximum atomic E-state index is 12.8. The monoisotopic (exact) mass is 456 g/mol. The molecule has 0 unspecified atom stereocenters. The van der Waals surface area contributed by atoms with Gasteiger partial charge in [0.1, 0.15) is 5.75 Å². The molecule has 3 amide bonds. The third kappa shape index (κ3) is 4.97. The first kappa shape index (κ1) is 22.3. The third-order valence-electron chi connectivity index (χ3n) is 5.18. The van der Waals surface area contributed by atoms with Gasteiger partial charge >= 0.3 is 6.18 Å². The minimum atomic E-state index is -4.43. The molecule has 6 nitrogen and oxygen atoms in total. The highest BCUT2D eigenvalue weighted by molar-refractivity contribution is 6.25. The quantitative estimate of drug-likeness (QED) is 0.519. The molecule has 3 aromatic carbocycles. The van der Waals surface area contributed by atoms with Gasteiger partial charge in [-0.1, -0.05) is 24.3 Å². The van der Waals surface area contributed by atoms with Crippen molar-refractivity contribution in [3.63, 3.8) is 0 Å². The second-order valence-corrected chi connectivity index (χ2v) is 7.55. The summed E-state index contributed by atoms with van der Waals surface area (Å²) in [4.78, 5) is 39.1. The van der Waals surface area contributed by atoms with Crippen molar-refractivity contribution >= 4 is 34.2 Å². The lowest BCUT2D eigenvalue weighted by Crippen LogP contribution is -2.41. The minimum absolute atomic E-state index is 0.0303. The van der Waals surface area contributed by atoms with Gasteiger partial charge in [-0.3, -0.25) is 19.3 Å². The van der Waals surface area contributed by atoms with Crippen LogP contribution in [0, 0.1) is 0 Å². The van der Waals surface area contributed by atoms with Crippen molar-refractivity contribution in [1.29, 1.82) is 0 Å². The van der Waals surface area contributed by atoms with Crippen molar-refractivity contribution in [2.24, 2.45) is 0 Å². The highest BCUT2D eigenvalue weighted by Crippen LogP contribution is 2.30. The fourth-order valence-electron chi connectivity index (χ4n) is 3.70. The fourth-order valence-corrected chi connectivity index (χ4v) is 3.70. The number of anilines is 1. The van der Waals surface area contributed by atoms with E-state index in [0.29, 0.717) is 22.2 Å². The van der Waals surface area contributed by atoms with Crippen LogP contribution in [0.25, 0.3) is 10.8 Å². The zero-order chi connectivity index (χ0) is 23.6. The molecule has 0 aromatic heterocycles. The molecule has 9 heteroatoms. The van der Waals surface area contributed by atoms with Gasteiger partial charge in [-0.25, -0.2) is 0 Å². The summed E-state index contributed by atoms with van der Waals surface area (Å²) in [6.07, 6.45) is -4.12. The van der Waals surface area contributed by atoms with E-state index in [2.05, 4.69) is 10.1 Å². The molecule has 0 radical (unpaired) electrons. The average Bonchev–Trinajstić information content (AvgIpc) is 2.78. The molecule has 0 atom stereocenters. The lowest BCUT2D eigenvalue weighted by molar-refractivity contribution is -0.153. The van der Waals surface area contributed by atoms with E-state index in [0.717, 1.165) is 10.3 Å². The predicted molar refractivity (Wildman–Crippen MR) is 115 cm³/mol. The van der Waals surface area contributed by atoms with Crippen LogP contribution < -0.4 is 10.1 Å². The Morgan fingerprint density at radius 1 is 0.909 bits per heavy atom. The van der Waals surface area contributed by atoms with E-state index >= 15 is 0 Å². The Morgan fingerprint density at radius 2 is 1.52 bits per heavy atom. The Morgan fingerprint density at radius 3 is 2.09 bits per heavy atom. The van der Waals surface area contributed by atoms with Gasteiger partial charge in [-0.05, 0) is 48.2 Å². The second-order valence-electron chi connectivity index (χ2n) is 7.55. The molecule has 0 saturated heterocycles. The molecule has 0 bridgehead atoms. The van der Waals surface area contributed by atoms with Crippen LogP contribution in [-0.4, -0.2) is 41.9 Å². The highest BCUT2D eigenvalue weighted by Gasteiger charge is 2.32. The first-order valence-corrected chi connectivity index (χ1v) is 10.2. The van der Waals surface area contributed by atoms with Crippen molar-refractivity contribution in [3.05, 3.63) is 71.8 Å². The molecule has 0 aliphatic carbocycles. The molecule has 1 N–H and O–H groups in total. The summed E-state index contributed by atoms with van der Waals surface area (Å²) in [5.41, 5.74) is 1.31. The number of carbonyl (C=O) groups excluding carboxylic acids is 3. The van der Waals surface area contributed by atoms with E-state index in [1.54, 1.807) is 24.3 Å². The van der Waals surface area contributed by atoms with E-state index in [4.69, 9.17) is 0 Å². The Labute approximate surface area is 186 Å². The number of hydrogen-bond donors (Lipinski definition) is 1. The SMILES string of the molecule is O=C(CCCN1C(=O)c2cccc3cccc(c23)C1=O)Nc1ccc(OCC(F)(F)F)cc1. The molecule has 4 rings (SSSR count). The van der Waals surface area contributed by atoms with Crippen molar-refractivity contribution in [3.8, 4) is 5.75 Å². The van der Waals surface area contributed by atoms with Gasteiger partial charge in [0.05, 0.1) is 0 Å². The number of hydrogen-bond acceptors (Lipinski definition) is 4. The zero-order valence-corrected chi connectivity index (χ0v) is 17.3. The van der Waals surface area contributed by atoms with Crippen LogP contribution in [0.1, 0.15) is 33.6 Å². The smallest absolute Gasteiger partial charge is 0.422 e. The van der Waals surface area contributed by atoms with E-state index in [1.807, 2.05) is 12.1 Å². The molecule has 3 aromatic rings. The van der Waals surface area contributed by atoms with E-state index in [1.165, 1.54) is 24.3 Å². The fraction of sp³-hybridized carbons (Fsp3) is 0.208. The van der Waals surface area contributed by atoms with Gasteiger partial charge < -0.3 is 10.1 Å². The van der Waals surface area contributed by atoms with Crippen LogP contribution in [0.15, 0.2) is 60.7 Å². The third-order valence-corrected chi connectivity index (χ3v) is 5.18. The lowest BCUT2D eigenvalue weighted by Gasteiger charge is -2.27. The number of rotatable bonds is 7. The Balaban J connectivity index is 1.32. The first-order valence-electron chi connectivity index (χ1n) is 10.2. The number of ether oxygens (including phenoxy) is 1. The molecule has 0 spiro atoms. The van der Waals surface area contributed by atoms with Crippen molar-refractivity contribution in [1.82, 2.24) is 4.90 Å². The van der Waals surface area contributed by atoms with Gasteiger partial charge in [-0.15, -0.1) is 0 Å². The van der Waals surface area contributed by atoms with Crippen LogP contribution in [0.3, 0.4) is 0 Å². The van der Waals surface area contributed by atoms with E-state index in [9.17, 15) is 27.6 Å². The number of alkyl halides is 3.